The van der Waals surface area contributed by atoms with Gasteiger partial charge < -0.3 is 5.32 Å². The number of carbonyl (C=O) groups excluding carboxylic acids is 1. The molecule has 18 heavy (non-hydrogen) atoms. The van der Waals surface area contributed by atoms with Crippen LogP contribution in [0.4, 0.5) is 5.69 Å². The van der Waals surface area contributed by atoms with Crippen molar-refractivity contribution in [3.05, 3.63) is 68.1 Å². The molecule has 3 nitrogen and oxygen atoms in total. The average molecular weight is 235 g/mol. The third kappa shape index (κ3) is 2.21. The molecule has 1 N–H and O–H groups in total. The molecule has 2 aromatic rings. The number of para-hydroxylation sites is 1. The Morgan fingerprint density at radius 3 is 2.72 bits per heavy atom. The highest BCUT2D eigenvalue weighted by Crippen LogP contribution is 2.25. The van der Waals surface area contributed by atoms with Crippen LogP contribution < -0.4 is 5.32 Å². The third-order valence-electron chi connectivity index (χ3n) is 2.77. The quantitative estimate of drug-likeness (QED) is 0.869. The molecule has 0 aliphatic heterocycles. The van der Waals surface area contributed by atoms with Crippen molar-refractivity contribution in [1.29, 1.82) is 0 Å². The van der Waals surface area contributed by atoms with Crippen molar-refractivity contribution in [2.45, 2.75) is 0 Å². The van der Waals surface area contributed by atoms with Crippen LogP contribution in [-0.4, -0.2) is 10.9 Å². The molecule has 0 atom stereocenters. The van der Waals surface area contributed by atoms with Gasteiger partial charge in [0.25, 0.3) is 0 Å². The van der Waals surface area contributed by atoms with Crippen LogP contribution in [0.25, 0.3) is 10.9 Å². The molecule has 3 rings (SSSR count). The van der Waals surface area contributed by atoms with Crippen LogP contribution in [-0.2, 0) is 4.79 Å². The minimum absolute atomic E-state index is 0.114. The zero-order valence-corrected chi connectivity index (χ0v) is 9.63. The summed E-state index contributed by atoms with van der Waals surface area (Å²) in [4.78, 5) is 16.2. The molecule has 87 valence electrons. The summed E-state index contributed by atoms with van der Waals surface area (Å²) in [7, 11) is 0. The van der Waals surface area contributed by atoms with Crippen molar-refractivity contribution in [3.63, 3.8) is 0 Å². The molecule has 0 bridgehead atoms. The summed E-state index contributed by atoms with van der Waals surface area (Å²) in [6.07, 6.45) is 8.91. The van der Waals surface area contributed by atoms with E-state index in [-0.39, 0.29) is 5.91 Å². The van der Waals surface area contributed by atoms with Gasteiger partial charge in [-0.15, -0.1) is 0 Å². The molecule has 3 heteroatoms. The Morgan fingerprint density at radius 2 is 1.89 bits per heavy atom. The number of aromatic nitrogens is 1. The molecule has 0 spiro atoms. The summed E-state index contributed by atoms with van der Waals surface area (Å²) in [6.45, 7) is 0. The molecule has 1 aliphatic carbocycles. The van der Waals surface area contributed by atoms with E-state index in [0.717, 1.165) is 10.9 Å². The monoisotopic (exact) mass is 235 g/mol. The fourth-order valence-corrected chi connectivity index (χ4v) is 1.87. The van der Waals surface area contributed by atoms with E-state index in [1.807, 2.05) is 43.2 Å². The van der Waals surface area contributed by atoms with E-state index in [2.05, 4.69) is 10.3 Å². The summed E-state index contributed by atoms with van der Waals surface area (Å²) in [5.41, 5.74) is 1.63. The first-order valence-corrected chi connectivity index (χ1v) is 5.71. The molecule has 1 fully saturated rings. The lowest BCUT2D eigenvalue weighted by Gasteiger charge is -2.09. The smallest absolute Gasteiger partial charge is 0.232 e. The maximum atomic E-state index is 11.9. The molecule has 1 aliphatic rings. The van der Waals surface area contributed by atoms with Crippen molar-refractivity contribution < 1.29 is 4.79 Å². The van der Waals surface area contributed by atoms with Gasteiger partial charge in [0, 0.05) is 5.39 Å². The van der Waals surface area contributed by atoms with Gasteiger partial charge >= 0.3 is 0 Å². The number of fused-ring (bicyclic) bond motifs is 1. The van der Waals surface area contributed by atoms with Gasteiger partial charge in [0.05, 0.1) is 23.3 Å². The average Bonchev–Trinajstić information content (AvgIpc) is 2.92. The highest BCUT2D eigenvalue weighted by Gasteiger charge is 2.24. The number of nitrogens with zero attached hydrogens (tertiary/aromatic N) is 1. The second-order valence-corrected chi connectivity index (χ2v) is 4.04. The van der Waals surface area contributed by atoms with Gasteiger partial charge in [-0.05, 0) is 37.8 Å². The molecule has 5 radical (unpaired) electrons. The van der Waals surface area contributed by atoms with Gasteiger partial charge in [0.15, 0.2) is 0 Å². The van der Waals surface area contributed by atoms with Crippen molar-refractivity contribution in [2.75, 3.05) is 5.32 Å². The Labute approximate surface area is 106 Å². The topological polar surface area (TPSA) is 42.0 Å². The van der Waals surface area contributed by atoms with Crippen molar-refractivity contribution >= 4 is 22.5 Å². The Balaban J connectivity index is 1.79. The normalized spacial score (nSPS) is 16.0. The number of anilines is 1. The minimum atomic E-state index is -0.114. The Hall–Kier alpha value is -1.90. The predicted molar refractivity (Wildman–Crippen MR) is 70.8 cm³/mol. The first kappa shape index (κ1) is 11.2. The van der Waals surface area contributed by atoms with Crippen LogP contribution in [0.5, 0.6) is 0 Å². The van der Waals surface area contributed by atoms with Crippen LogP contribution in [0, 0.1) is 31.6 Å². The fourth-order valence-electron chi connectivity index (χ4n) is 1.87. The van der Waals surface area contributed by atoms with Gasteiger partial charge in [-0.3, -0.25) is 9.78 Å². The number of benzene rings is 1. The number of hydrogen-bond donors (Lipinski definition) is 1. The molecular weight excluding hydrogens is 224 g/mol. The van der Waals surface area contributed by atoms with Crippen LogP contribution in [0.15, 0.2) is 36.5 Å². The van der Waals surface area contributed by atoms with E-state index >= 15 is 0 Å². The van der Waals surface area contributed by atoms with Gasteiger partial charge in [-0.25, -0.2) is 0 Å². The summed E-state index contributed by atoms with van der Waals surface area (Å²) in [6, 6.07) is 9.73. The Kier molecular flexibility index (Phi) is 2.97. The molecule has 1 saturated carbocycles. The summed E-state index contributed by atoms with van der Waals surface area (Å²) in [5, 5.41) is 3.85. The number of rotatable bonds is 2. The molecule has 0 unspecified atom stereocenters. The highest BCUT2D eigenvalue weighted by atomic mass is 16.1. The fraction of sp³-hybridized carbons (Fsp3) is 0. The van der Waals surface area contributed by atoms with Crippen LogP contribution in [0.3, 0.4) is 0 Å². The first-order chi connectivity index (χ1) is 8.83. The predicted octanol–water partition coefficient (Wildman–Crippen LogP) is 2.58. The maximum absolute atomic E-state index is 11.9. The van der Waals surface area contributed by atoms with Gasteiger partial charge in [-0.2, -0.15) is 0 Å². The SMILES string of the molecule is O=C(Nc1cnc2ccccc2c1)[C]1[CH][CH][CH][CH]1. The summed E-state index contributed by atoms with van der Waals surface area (Å²) >= 11 is 0. The number of amides is 1. The van der Waals surface area contributed by atoms with Crippen LogP contribution >= 0.6 is 0 Å². The third-order valence-corrected chi connectivity index (χ3v) is 2.77. The Morgan fingerprint density at radius 1 is 1.11 bits per heavy atom. The second-order valence-electron chi connectivity index (χ2n) is 4.04. The number of nitrogens with one attached hydrogen (secondary N) is 1. The molecule has 1 heterocycles. The Bertz CT molecular complexity index is 573. The summed E-state index contributed by atoms with van der Waals surface area (Å²) in [5.74, 6) is 0.542. The van der Waals surface area contributed by atoms with Crippen molar-refractivity contribution in [1.82, 2.24) is 4.98 Å². The lowest BCUT2D eigenvalue weighted by atomic mass is 10.1. The zero-order valence-electron chi connectivity index (χ0n) is 9.63. The standard InChI is InChI=1S/C15H11N2O/c18-15(11-5-1-2-6-11)17-13-9-12-7-3-4-8-14(12)16-10-13/h1-10H,(H,17,18). The lowest BCUT2D eigenvalue weighted by Crippen LogP contribution is -2.19. The van der Waals surface area contributed by atoms with Crippen molar-refractivity contribution in [3.8, 4) is 0 Å². The van der Waals surface area contributed by atoms with E-state index < -0.39 is 0 Å². The van der Waals surface area contributed by atoms with Gasteiger partial charge in [0.1, 0.15) is 0 Å². The van der Waals surface area contributed by atoms with E-state index in [4.69, 9.17) is 0 Å². The van der Waals surface area contributed by atoms with Gasteiger partial charge in [-0.1, -0.05) is 18.2 Å². The lowest BCUT2D eigenvalue weighted by molar-refractivity contribution is -0.113. The highest BCUT2D eigenvalue weighted by molar-refractivity contribution is 6.05. The van der Waals surface area contributed by atoms with E-state index in [1.165, 1.54) is 0 Å². The van der Waals surface area contributed by atoms with E-state index in [1.54, 1.807) is 19.0 Å². The number of carbonyl (C=O) groups is 1. The second kappa shape index (κ2) is 4.77. The molecule has 0 saturated heterocycles. The van der Waals surface area contributed by atoms with E-state index in [9.17, 15) is 4.79 Å². The number of hydrogen-bond acceptors (Lipinski definition) is 2. The minimum Gasteiger partial charge on any atom is -0.324 e. The van der Waals surface area contributed by atoms with Gasteiger partial charge in [0.2, 0.25) is 5.91 Å². The van der Waals surface area contributed by atoms with E-state index in [0.29, 0.717) is 11.6 Å². The zero-order chi connectivity index (χ0) is 12.4. The molecule has 1 aromatic heterocycles. The first-order valence-electron chi connectivity index (χ1n) is 5.71. The van der Waals surface area contributed by atoms with Crippen LogP contribution in [0.1, 0.15) is 0 Å². The molecule has 1 aromatic carbocycles. The summed E-state index contributed by atoms with van der Waals surface area (Å²) < 4.78 is 0. The van der Waals surface area contributed by atoms with Crippen LogP contribution in [0.2, 0.25) is 0 Å². The molecular formula is C15H11N2O. The van der Waals surface area contributed by atoms with Crippen molar-refractivity contribution in [2.24, 2.45) is 0 Å². The maximum Gasteiger partial charge on any atom is 0.232 e. The largest absolute Gasteiger partial charge is 0.324 e. The number of pyridine rings is 1. The molecule has 1 amide bonds.